The fourth-order valence-electron chi connectivity index (χ4n) is 4.87. The normalized spacial score (nSPS) is 23.4. The highest BCUT2D eigenvalue weighted by atomic mass is 28.4. The topological polar surface area (TPSA) is 126 Å². The van der Waals surface area contributed by atoms with Crippen molar-refractivity contribution in [3.8, 4) is 0 Å². The first-order valence-corrected chi connectivity index (χ1v) is 17.7. The molecule has 2 rings (SSSR count). The number of aryl methyl sites for hydroxylation is 1. The Labute approximate surface area is 247 Å². The molecular weight excluding hydrogens is 540 g/mol. The van der Waals surface area contributed by atoms with Crippen LogP contribution in [-0.2, 0) is 25.1 Å². The Balaban J connectivity index is 1.58. The number of unbranched alkanes of at least 4 members (excludes halogenated alkanes) is 1. The molecule has 0 amide bonds. The molecule has 0 aromatic heterocycles. The summed E-state index contributed by atoms with van der Waals surface area (Å²) in [5.74, 6) is -0.579. The van der Waals surface area contributed by atoms with Crippen molar-refractivity contribution < 1.29 is 39.1 Å². The lowest BCUT2D eigenvalue weighted by Gasteiger charge is -2.29. The second-order valence-corrected chi connectivity index (χ2v) is 15.9. The lowest BCUT2D eigenvalue weighted by Crippen LogP contribution is -2.43. The Morgan fingerprint density at radius 2 is 1.80 bits per heavy atom. The monoisotopic (exact) mass is 592 g/mol. The zero-order chi connectivity index (χ0) is 30.1. The van der Waals surface area contributed by atoms with E-state index in [0.717, 1.165) is 12.8 Å². The Kier molecular flexibility index (Phi) is 16.7. The number of carbonyl (C=O) groups excluding carboxylic acids is 1. The Bertz CT molecular complexity index is 908. The summed E-state index contributed by atoms with van der Waals surface area (Å²) in [4.78, 5) is 12.0. The van der Waals surface area contributed by atoms with Gasteiger partial charge >= 0.3 is 5.97 Å². The van der Waals surface area contributed by atoms with Gasteiger partial charge in [-0.2, -0.15) is 0 Å². The summed E-state index contributed by atoms with van der Waals surface area (Å²) in [6, 6.07) is 10.0. The van der Waals surface area contributed by atoms with Crippen molar-refractivity contribution in [2.45, 2.75) is 89.2 Å². The summed E-state index contributed by atoms with van der Waals surface area (Å²) >= 11 is 0. The average Bonchev–Trinajstić information content (AvgIpc) is 3.23. The molecule has 0 heterocycles. The van der Waals surface area contributed by atoms with E-state index in [1.165, 1.54) is 5.56 Å². The first kappa shape index (κ1) is 35.3. The fraction of sp³-hybridized carbons (Fsp3) is 0.656. The number of esters is 1. The maximum Gasteiger partial charge on any atom is 0.305 e. The van der Waals surface area contributed by atoms with Crippen molar-refractivity contribution in [1.82, 2.24) is 0 Å². The van der Waals surface area contributed by atoms with Crippen LogP contribution in [-0.4, -0.2) is 85.7 Å². The van der Waals surface area contributed by atoms with E-state index in [-0.39, 0.29) is 30.6 Å². The van der Waals surface area contributed by atoms with Gasteiger partial charge in [-0.25, -0.2) is 0 Å². The summed E-state index contributed by atoms with van der Waals surface area (Å²) in [5.41, 5.74) is 1.49. The first-order chi connectivity index (χ1) is 19.7. The van der Waals surface area contributed by atoms with Crippen LogP contribution in [0.15, 0.2) is 54.6 Å². The van der Waals surface area contributed by atoms with Gasteiger partial charge in [0.2, 0.25) is 8.32 Å². The molecule has 1 aromatic carbocycles. The van der Waals surface area contributed by atoms with Crippen LogP contribution in [0.1, 0.15) is 57.9 Å². The molecule has 6 atom stereocenters. The van der Waals surface area contributed by atoms with Crippen LogP contribution in [0, 0.1) is 11.8 Å². The number of rotatable bonds is 20. The maximum atomic E-state index is 12.0. The van der Waals surface area contributed by atoms with Gasteiger partial charge in [0, 0.05) is 18.8 Å². The van der Waals surface area contributed by atoms with E-state index in [2.05, 4.69) is 13.8 Å². The molecule has 4 N–H and O–H groups in total. The number of allylic oxidation sites excluding steroid dienone is 2. The van der Waals surface area contributed by atoms with Crippen molar-refractivity contribution >= 4 is 14.3 Å². The number of carbonyl (C=O) groups is 1. The van der Waals surface area contributed by atoms with Gasteiger partial charge in [0.15, 0.2) is 0 Å². The Morgan fingerprint density at radius 3 is 2.51 bits per heavy atom. The molecular formula is C32H52O8Si. The van der Waals surface area contributed by atoms with Gasteiger partial charge in [-0.15, -0.1) is 0 Å². The SMILES string of the molecule is CC(C)[Si](C)(CO)OCCOCCOC(=O)CCC/C=C\C[C@@H]1[C@@H](/C=C/[C@@H](O)CCc2ccccc2)[C@H](O)C[C@@H]1O. The lowest BCUT2D eigenvalue weighted by molar-refractivity contribution is -0.145. The van der Waals surface area contributed by atoms with E-state index in [9.17, 15) is 25.2 Å². The summed E-state index contributed by atoms with van der Waals surface area (Å²) in [5, 5.41) is 40.8. The molecule has 0 radical (unpaired) electrons. The fourth-order valence-corrected chi connectivity index (χ4v) is 6.21. The van der Waals surface area contributed by atoms with Crippen molar-refractivity contribution in [2.24, 2.45) is 11.8 Å². The molecule has 0 aliphatic heterocycles. The van der Waals surface area contributed by atoms with Gasteiger partial charge in [0.25, 0.3) is 0 Å². The van der Waals surface area contributed by atoms with E-state index >= 15 is 0 Å². The van der Waals surface area contributed by atoms with E-state index in [1.807, 2.05) is 55.1 Å². The predicted molar refractivity (Wildman–Crippen MR) is 163 cm³/mol. The van der Waals surface area contributed by atoms with E-state index in [4.69, 9.17) is 13.9 Å². The molecule has 1 aromatic rings. The quantitative estimate of drug-likeness (QED) is 0.0772. The molecule has 0 spiro atoms. The van der Waals surface area contributed by atoms with E-state index in [1.54, 1.807) is 6.08 Å². The van der Waals surface area contributed by atoms with Crippen LogP contribution in [0.5, 0.6) is 0 Å². The smallest absolute Gasteiger partial charge is 0.305 e. The van der Waals surface area contributed by atoms with Crippen molar-refractivity contribution in [3.05, 3.63) is 60.2 Å². The van der Waals surface area contributed by atoms with Crippen LogP contribution in [0.3, 0.4) is 0 Å². The van der Waals surface area contributed by atoms with Gasteiger partial charge < -0.3 is 34.3 Å². The molecule has 0 saturated heterocycles. The molecule has 1 unspecified atom stereocenters. The zero-order valence-corrected chi connectivity index (χ0v) is 26.1. The number of aliphatic hydroxyl groups is 4. The van der Waals surface area contributed by atoms with Gasteiger partial charge in [0.1, 0.15) is 6.61 Å². The van der Waals surface area contributed by atoms with Crippen molar-refractivity contribution in [2.75, 3.05) is 32.7 Å². The number of ether oxygens (including phenoxy) is 2. The van der Waals surface area contributed by atoms with Crippen LogP contribution in [0.25, 0.3) is 0 Å². The van der Waals surface area contributed by atoms with Crippen LogP contribution in [0.4, 0.5) is 0 Å². The van der Waals surface area contributed by atoms with Gasteiger partial charge in [-0.05, 0) is 55.7 Å². The van der Waals surface area contributed by atoms with Crippen LogP contribution < -0.4 is 0 Å². The van der Waals surface area contributed by atoms with E-state index < -0.39 is 26.6 Å². The minimum atomic E-state index is -2.10. The van der Waals surface area contributed by atoms with Crippen LogP contribution in [0.2, 0.25) is 12.1 Å². The van der Waals surface area contributed by atoms with Crippen LogP contribution >= 0.6 is 0 Å². The summed E-state index contributed by atoms with van der Waals surface area (Å²) in [7, 11) is -2.10. The maximum absolute atomic E-state index is 12.0. The molecule has 1 saturated carbocycles. The zero-order valence-electron chi connectivity index (χ0n) is 25.1. The molecule has 41 heavy (non-hydrogen) atoms. The standard InChI is InChI=1S/C32H52O8Si/c1-25(2)41(3,24-33)40-22-20-38-19-21-39-32(37)14-10-5-4-9-13-28-29(31(36)23-30(28)35)18-17-27(34)16-15-26-11-7-6-8-12-26/h4,6-9,11-12,17-18,25,27-31,33-36H,5,10,13-16,19-24H2,1-3H3/b9-4-,18-17+/t27-,28+,29+,30-,31+,41?/m0/s1. The first-order valence-electron chi connectivity index (χ1n) is 15.1. The molecule has 8 nitrogen and oxygen atoms in total. The third kappa shape index (κ3) is 13.3. The van der Waals surface area contributed by atoms with Gasteiger partial charge in [-0.3, -0.25) is 4.79 Å². The minimum absolute atomic E-state index is 0.0852. The number of hydrogen-bond donors (Lipinski definition) is 4. The summed E-state index contributed by atoms with van der Waals surface area (Å²) < 4.78 is 16.5. The number of hydrogen-bond acceptors (Lipinski definition) is 8. The highest BCUT2D eigenvalue weighted by Gasteiger charge is 2.39. The number of benzene rings is 1. The molecule has 1 aliphatic carbocycles. The molecule has 9 heteroatoms. The van der Waals surface area contributed by atoms with Crippen molar-refractivity contribution in [3.63, 3.8) is 0 Å². The lowest BCUT2D eigenvalue weighted by atomic mass is 9.89. The Hall–Kier alpha value is -1.85. The highest BCUT2D eigenvalue weighted by molar-refractivity contribution is 6.73. The predicted octanol–water partition coefficient (Wildman–Crippen LogP) is 4.10. The minimum Gasteiger partial charge on any atom is -0.463 e. The third-order valence-electron chi connectivity index (χ3n) is 8.06. The van der Waals surface area contributed by atoms with Crippen molar-refractivity contribution in [1.29, 1.82) is 0 Å². The number of aliphatic hydroxyl groups excluding tert-OH is 4. The molecule has 1 aliphatic rings. The van der Waals surface area contributed by atoms with E-state index in [0.29, 0.717) is 57.5 Å². The second kappa shape index (κ2) is 19.4. The molecule has 1 fully saturated rings. The largest absolute Gasteiger partial charge is 0.463 e. The summed E-state index contributed by atoms with van der Waals surface area (Å²) in [6.07, 6.45) is 9.91. The highest BCUT2D eigenvalue weighted by Crippen LogP contribution is 2.36. The average molecular weight is 593 g/mol. The Morgan fingerprint density at radius 1 is 1.07 bits per heavy atom. The van der Waals surface area contributed by atoms with Gasteiger partial charge in [-0.1, -0.05) is 68.5 Å². The van der Waals surface area contributed by atoms with Gasteiger partial charge in [0.05, 0.1) is 44.4 Å². The molecule has 0 bridgehead atoms. The second-order valence-electron chi connectivity index (χ2n) is 11.5. The third-order valence-corrected chi connectivity index (χ3v) is 12.0. The summed E-state index contributed by atoms with van der Waals surface area (Å²) in [6.45, 7) is 7.45. The molecule has 232 valence electrons.